The SMILES string of the molecule is COc1ccc(S(=O)(=O)NCCCc2ccc(C)cc2)cc1C. The van der Waals surface area contributed by atoms with Crippen LogP contribution in [0.15, 0.2) is 47.4 Å². The molecule has 0 bridgehead atoms. The molecule has 2 aromatic rings. The second-order valence-corrected chi connectivity index (χ2v) is 7.39. The fourth-order valence-corrected chi connectivity index (χ4v) is 3.51. The van der Waals surface area contributed by atoms with E-state index >= 15 is 0 Å². The Morgan fingerprint density at radius 1 is 1.04 bits per heavy atom. The van der Waals surface area contributed by atoms with E-state index in [1.54, 1.807) is 25.3 Å². The molecule has 0 fully saturated rings. The number of benzene rings is 2. The minimum absolute atomic E-state index is 0.270. The van der Waals surface area contributed by atoms with E-state index < -0.39 is 10.0 Å². The number of aryl methyl sites for hydroxylation is 3. The molecular weight excluding hydrogens is 310 g/mol. The van der Waals surface area contributed by atoms with E-state index in [9.17, 15) is 8.42 Å². The molecule has 1 N–H and O–H groups in total. The van der Waals surface area contributed by atoms with Crippen LogP contribution in [0.1, 0.15) is 23.1 Å². The molecule has 0 aliphatic rings. The molecule has 0 aliphatic heterocycles. The summed E-state index contributed by atoms with van der Waals surface area (Å²) in [5.41, 5.74) is 3.24. The molecule has 0 atom stereocenters. The maximum absolute atomic E-state index is 12.3. The molecule has 0 saturated heterocycles. The van der Waals surface area contributed by atoms with Crippen molar-refractivity contribution in [2.75, 3.05) is 13.7 Å². The highest BCUT2D eigenvalue weighted by molar-refractivity contribution is 7.89. The highest BCUT2D eigenvalue weighted by Crippen LogP contribution is 2.21. The van der Waals surface area contributed by atoms with Gasteiger partial charge in [-0.25, -0.2) is 13.1 Å². The number of ether oxygens (including phenoxy) is 1. The Kier molecular flexibility index (Phi) is 5.80. The first-order chi connectivity index (χ1) is 10.9. The average molecular weight is 333 g/mol. The first-order valence-electron chi connectivity index (χ1n) is 7.62. The molecule has 0 amide bonds. The van der Waals surface area contributed by atoms with Crippen LogP contribution in [0.4, 0.5) is 0 Å². The van der Waals surface area contributed by atoms with Crippen molar-refractivity contribution in [1.82, 2.24) is 4.72 Å². The molecule has 5 heteroatoms. The van der Waals surface area contributed by atoms with E-state index in [0.717, 1.165) is 18.4 Å². The number of sulfonamides is 1. The van der Waals surface area contributed by atoms with Crippen LogP contribution in [0, 0.1) is 13.8 Å². The normalized spacial score (nSPS) is 11.4. The van der Waals surface area contributed by atoms with Crippen molar-refractivity contribution >= 4 is 10.0 Å². The van der Waals surface area contributed by atoms with Crippen molar-refractivity contribution in [1.29, 1.82) is 0 Å². The largest absolute Gasteiger partial charge is 0.496 e. The number of methoxy groups -OCH3 is 1. The third kappa shape index (κ3) is 4.81. The summed E-state index contributed by atoms with van der Waals surface area (Å²) in [4.78, 5) is 0.270. The van der Waals surface area contributed by atoms with Crippen LogP contribution in [0.25, 0.3) is 0 Å². The van der Waals surface area contributed by atoms with Crippen LogP contribution in [-0.2, 0) is 16.4 Å². The zero-order valence-electron chi connectivity index (χ0n) is 13.8. The van der Waals surface area contributed by atoms with Gasteiger partial charge >= 0.3 is 0 Å². The van der Waals surface area contributed by atoms with Crippen molar-refractivity contribution < 1.29 is 13.2 Å². The predicted octanol–water partition coefficient (Wildman–Crippen LogP) is 3.22. The molecule has 23 heavy (non-hydrogen) atoms. The molecule has 0 saturated carbocycles. The second-order valence-electron chi connectivity index (χ2n) is 5.62. The van der Waals surface area contributed by atoms with Crippen molar-refractivity contribution in [2.24, 2.45) is 0 Å². The zero-order valence-corrected chi connectivity index (χ0v) is 14.6. The van der Waals surface area contributed by atoms with Gasteiger partial charge in [-0.05, 0) is 56.0 Å². The average Bonchev–Trinajstić information content (AvgIpc) is 2.53. The van der Waals surface area contributed by atoms with Crippen molar-refractivity contribution in [3.8, 4) is 5.75 Å². The maximum atomic E-state index is 12.3. The monoisotopic (exact) mass is 333 g/mol. The topological polar surface area (TPSA) is 55.4 Å². The first kappa shape index (κ1) is 17.5. The van der Waals surface area contributed by atoms with Gasteiger partial charge in [-0.1, -0.05) is 29.8 Å². The van der Waals surface area contributed by atoms with Gasteiger partial charge in [0.15, 0.2) is 0 Å². The van der Waals surface area contributed by atoms with Gasteiger partial charge in [0.2, 0.25) is 10.0 Å². The van der Waals surface area contributed by atoms with Crippen LogP contribution in [-0.4, -0.2) is 22.1 Å². The lowest BCUT2D eigenvalue weighted by Crippen LogP contribution is -2.25. The van der Waals surface area contributed by atoms with E-state index in [-0.39, 0.29) is 4.90 Å². The number of nitrogens with one attached hydrogen (secondary N) is 1. The Morgan fingerprint density at radius 3 is 2.35 bits per heavy atom. The van der Waals surface area contributed by atoms with E-state index in [2.05, 4.69) is 35.9 Å². The van der Waals surface area contributed by atoms with E-state index in [4.69, 9.17) is 4.74 Å². The smallest absolute Gasteiger partial charge is 0.240 e. The fourth-order valence-electron chi connectivity index (χ4n) is 2.36. The van der Waals surface area contributed by atoms with Gasteiger partial charge in [0.05, 0.1) is 12.0 Å². The molecule has 4 nitrogen and oxygen atoms in total. The molecule has 0 heterocycles. The lowest BCUT2D eigenvalue weighted by molar-refractivity contribution is 0.411. The summed E-state index contributed by atoms with van der Waals surface area (Å²) in [5, 5.41) is 0. The molecule has 0 unspecified atom stereocenters. The Bertz CT molecular complexity index is 752. The van der Waals surface area contributed by atoms with Gasteiger partial charge in [0, 0.05) is 6.54 Å². The summed E-state index contributed by atoms with van der Waals surface area (Å²) in [6.45, 7) is 4.30. The molecular formula is C18H23NO3S. The van der Waals surface area contributed by atoms with Crippen molar-refractivity contribution in [3.05, 3.63) is 59.2 Å². The first-order valence-corrected chi connectivity index (χ1v) is 9.10. The van der Waals surface area contributed by atoms with Gasteiger partial charge < -0.3 is 4.74 Å². The molecule has 0 aromatic heterocycles. The zero-order chi connectivity index (χ0) is 16.9. The van der Waals surface area contributed by atoms with Gasteiger partial charge in [0.1, 0.15) is 5.75 Å². The fraction of sp³-hybridized carbons (Fsp3) is 0.333. The van der Waals surface area contributed by atoms with E-state index in [1.807, 2.05) is 6.92 Å². The van der Waals surface area contributed by atoms with Crippen LogP contribution < -0.4 is 9.46 Å². The minimum Gasteiger partial charge on any atom is -0.496 e. The Balaban J connectivity index is 1.91. The molecule has 0 spiro atoms. The molecule has 2 aromatic carbocycles. The predicted molar refractivity (Wildman–Crippen MR) is 92.4 cm³/mol. The summed E-state index contributed by atoms with van der Waals surface area (Å²) in [7, 11) is -1.91. The molecule has 0 radical (unpaired) electrons. The summed E-state index contributed by atoms with van der Waals surface area (Å²) >= 11 is 0. The summed E-state index contributed by atoms with van der Waals surface area (Å²) in [6, 6.07) is 13.2. The molecule has 0 aliphatic carbocycles. The third-order valence-corrected chi connectivity index (χ3v) is 5.19. The summed E-state index contributed by atoms with van der Waals surface area (Å²) < 4.78 is 32.4. The molecule has 2 rings (SSSR count). The van der Waals surface area contributed by atoms with E-state index in [0.29, 0.717) is 12.3 Å². The quantitative estimate of drug-likeness (QED) is 0.792. The van der Waals surface area contributed by atoms with Gasteiger partial charge in [-0.15, -0.1) is 0 Å². The number of rotatable bonds is 7. The maximum Gasteiger partial charge on any atom is 0.240 e. The van der Waals surface area contributed by atoms with Gasteiger partial charge in [0.25, 0.3) is 0 Å². The highest BCUT2D eigenvalue weighted by Gasteiger charge is 2.14. The third-order valence-electron chi connectivity index (χ3n) is 3.73. The van der Waals surface area contributed by atoms with Gasteiger partial charge in [-0.3, -0.25) is 0 Å². The lowest BCUT2D eigenvalue weighted by Gasteiger charge is -2.10. The van der Waals surface area contributed by atoms with Crippen LogP contribution in [0.2, 0.25) is 0 Å². The minimum atomic E-state index is -3.47. The van der Waals surface area contributed by atoms with Gasteiger partial charge in [-0.2, -0.15) is 0 Å². The van der Waals surface area contributed by atoms with E-state index in [1.165, 1.54) is 11.1 Å². The standard InChI is InChI=1S/C18H23NO3S/c1-14-6-8-16(9-7-14)5-4-12-19-23(20,21)17-10-11-18(22-3)15(2)13-17/h6-11,13,19H,4-5,12H2,1-3H3. The van der Waals surface area contributed by atoms with Crippen LogP contribution in [0.3, 0.4) is 0 Å². The summed E-state index contributed by atoms with van der Waals surface area (Å²) in [5.74, 6) is 0.684. The summed E-state index contributed by atoms with van der Waals surface area (Å²) in [6.07, 6.45) is 1.61. The lowest BCUT2D eigenvalue weighted by atomic mass is 10.1. The Hall–Kier alpha value is -1.85. The Labute approximate surface area is 138 Å². The number of hydrogen-bond acceptors (Lipinski definition) is 3. The number of hydrogen-bond donors (Lipinski definition) is 1. The van der Waals surface area contributed by atoms with Crippen LogP contribution in [0.5, 0.6) is 5.75 Å². The second kappa shape index (κ2) is 7.62. The molecule has 124 valence electrons. The van der Waals surface area contributed by atoms with Crippen molar-refractivity contribution in [3.63, 3.8) is 0 Å². The Morgan fingerprint density at radius 2 is 1.74 bits per heavy atom. The van der Waals surface area contributed by atoms with Crippen LogP contribution >= 0.6 is 0 Å². The highest BCUT2D eigenvalue weighted by atomic mass is 32.2. The van der Waals surface area contributed by atoms with Crippen molar-refractivity contribution in [2.45, 2.75) is 31.6 Å².